The number of hydrogen-bond acceptors (Lipinski definition) is 6. The molecule has 1 N–H and O–H groups in total. The highest BCUT2D eigenvalue weighted by atomic mass is 32.2. The molecule has 1 saturated carbocycles. The molecule has 0 aliphatic heterocycles. The van der Waals surface area contributed by atoms with Crippen LogP contribution in [0.2, 0.25) is 0 Å². The van der Waals surface area contributed by atoms with Crippen molar-refractivity contribution in [3.63, 3.8) is 0 Å². The first-order valence-electron chi connectivity index (χ1n) is 10.4. The molecule has 0 spiro atoms. The predicted molar refractivity (Wildman–Crippen MR) is 123 cm³/mol. The monoisotopic (exact) mass is 458 g/mol. The fourth-order valence-electron chi connectivity index (χ4n) is 4.15. The van der Waals surface area contributed by atoms with E-state index in [1.54, 1.807) is 23.1 Å². The topological polar surface area (TPSA) is 92.3 Å². The number of sulfonamides is 1. The zero-order chi connectivity index (χ0) is 22.0. The molecule has 1 amide bonds. The molecule has 0 radical (unpaired) electrons. The Morgan fingerprint density at radius 1 is 1.13 bits per heavy atom. The van der Waals surface area contributed by atoms with Gasteiger partial charge in [0.15, 0.2) is 0 Å². The van der Waals surface area contributed by atoms with Crippen molar-refractivity contribution in [1.82, 2.24) is 13.5 Å². The molecule has 1 heterocycles. The summed E-state index contributed by atoms with van der Waals surface area (Å²) in [5, 5.41) is 0. The predicted octanol–water partition coefficient (Wildman–Crippen LogP) is 3.75. The lowest BCUT2D eigenvalue weighted by molar-refractivity contribution is -0.123. The average Bonchev–Trinajstić information content (AvgIpc) is 3.26. The van der Waals surface area contributed by atoms with E-state index in [1.807, 2.05) is 38.2 Å². The second-order valence-corrected chi connectivity index (χ2v) is 10.5. The molecule has 0 atom stereocenters. The summed E-state index contributed by atoms with van der Waals surface area (Å²) >= 11 is 1.01. The molecule has 9 heteroatoms. The van der Waals surface area contributed by atoms with Gasteiger partial charge in [-0.2, -0.15) is 8.75 Å². The molecule has 31 heavy (non-hydrogen) atoms. The zero-order valence-electron chi connectivity index (χ0n) is 17.6. The van der Waals surface area contributed by atoms with E-state index in [4.69, 9.17) is 0 Å². The van der Waals surface area contributed by atoms with Crippen LogP contribution in [0.15, 0.2) is 47.4 Å². The van der Waals surface area contributed by atoms with Crippen LogP contribution in [0.5, 0.6) is 0 Å². The zero-order valence-corrected chi connectivity index (χ0v) is 19.2. The van der Waals surface area contributed by atoms with E-state index in [1.165, 1.54) is 0 Å². The number of anilines is 1. The Hall–Kier alpha value is -2.36. The highest BCUT2D eigenvalue weighted by Crippen LogP contribution is 2.31. The normalized spacial score (nSPS) is 19.4. The number of fused-ring (bicyclic) bond motifs is 1. The molecule has 1 fully saturated rings. The van der Waals surface area contributed by atoms with Gasteiger partial charge in [-0.3, -0.25) is 4.79 Å². The number of nitrogens with zero attached hydrogens (tertiary/aromatic N) is 3. The summed E-state index contributed by atoms with van der Waals surface area (Å²) in [6, 6.07) is 12.9. The van der Waals surface area contributed by atoms with E-state index >= 15 is 0 Å². The Morgan fingerprint density at radius 3 is 2.61 bits per heavy atom. The molecule has 0 unspecified atom stereocenters. The van der Waals surface area contributed by atoms with Gasteiger partial charge in [0.25, 0.3) is 0 Å². The first-order valence-corrected chi connectivity index (χ1v) is 12.6. The average molecular weight is 459 g/mol. The summed E-state index contributed by atoms with van der Waals surface area (Å²) < 4.78 is 36.6. The van der Waals surface area contributed by atoms with Crippen LogP contribution in [-0.2, 0) is 14.8 Å². The number of carbonyl (C=O) groups is 1. The molecule has 0 saturated heterocycles. The third-order valence-corrected chi connectivity index (χ3v) is 8.01. The molecular formula is C22H26N4O3S2. The molecule has 1 aliphatic rings. The van der Waals surface area contributed by atoms with Gasteiger partial charge in [0.05, 0.1) is 11.7 Å². The minimum absolute atomic E-state index is 0.0202. The number of benzene rings is 2. The Labute approximate surface area is 186 Å². The summed E-state index contributed by atoms with van der Waals surface area (Å²) in [6.07, 6.45) is 3.19. The number of amides is 1. The Morgan fingerprint density at radius 2 is 1.87 bits per heavy atom. The van der Waals surface area contributed by atoms with Crippen LogP contribution in [0, 0.1) is 18.8 Å². The molecule has 4 rings (SSSR count). The Kier molecular flexibility index (Phi) is 6.36. The first kappa shape index (κ1) is 21.9. The quantitative estimate of drug-likeness (QED) is 0.607. The summed E-state index contributed by atoms with van der Waals surface area (Å²) in [5.41, 5.74) is 3.03. The minimum Gasteiger partial charge on any atom is -0.315 e. The van der Waals surface area contributed by atoms with Gasteiger partial charge < -0.3 is 4.90 Å². The van der Waals surface area contributed by atoms with Gasteiger partial charge in [0.2, 0.25) is 15.9 Å². The van der Waals surface area contributed by atoms with Crippen molar-refractivity contribution in [2.75, 3.05) is 18.5 Å². The molecule has 7 nitrogen and oxygen atoms in total. The van der Waals surface area contributed by atoms with Crippen molar-refractivity contribution >= 4 is 44.4 Å². The fourth-order valence-corrected chi connectivity index (χ4v) is 6.04. The van der Waals surface area contributed by atoms with E-state index in [9.17, 15) is 13.2 Å². The number of nitrogens with one attached hydrogen (secondary N) is 1. The first-order chi connectivity index (χ1) is 14.8. The van der Waals surface area contributed by atoms with Crippen molar-refractivity contribution in [3.8, 4) is 0 Å². The lowest BCUT2D eigenvalue weighted by Gasteiger charge is -2.30. The maximum Gasteiger partial charge on any atom is 0.242 e. The van der Waals surface area contributed by atoms with Crippen molar-refractivity contribution < 1.29 is 13.2 Å². The molecule has 1 aliphatic carbocycles. The molecule has 164 valence electrons. The highest BCUT2D eigenvalue weighted by molar-refractivity contribution is 7.89. The van der Waals surface area contributed by atoms with Crippen molar-refractivity contribution in [2.45, 2.75) is 37.5 Å². The van der Waals surface area contributed by atoms with Crippen LogP contribution < -0.4 is 9.62 Å². The smallest absolute Gasteiger partial charge is 0.242 e. The van der Waals surface area contributed by atoms with Gasteiger partial charge in [-0.15, -0.1) is 0 Å². The molecule has 0 bridgehead atoms. The second-order valence-electron chi connectivity index (χ2n) is 8.19. The standard InChI is InChI=1S/C22H26N4O3S2/c1-15-5-3-6-18(13-15)26(2)22(27)17-11-9-16(10-12-17)14-23-31(28,29)20-8-4-7-19-21(20)25-30-24-19/h3-8,13,16-17,23H,9-12,14H2,1-2H3. The highest BCUT2D eigenvalue weighted by Gasteiger charge is 2.30. The SMILES string of the molecule is Cc1cccc(N(C)C(=O)C2CCC(CNS(=O)(=O)c3cccc4nsnc34)CC2)c1. The summed E-state index contributed by atoms with van der Waals surface area (Å²) in [4.78, 5) is 14.8. The van der Waals surface area contributed by atoms with E-state index in [-0.39, 0.29) is 22.6 Å². The maximum absolute atomic E-state index is 12.9. The van der Waals surface area contributed by atoms with Crippen LogP contribution in [0.4, 0.5) is 5.69 Å². The van der Waals surface area contributed by atoms with Crippen molar-refractivity contribution in [2.24, 2.45) is 11.8 Å². The van der Waals surface area contributed by atoms with Gasteiger partial charge in [0, 0.05) is 25.2 Å². The Bertz CT molecular complexity index is 1180. The van der Waals surface area contributed by atoms with Crippen LogP contribution in [0.3, 0.4) is 0 Å². The largest absolute Gasteiger partial charge is 0.315 e. The van der Waals surface area contributed by atoms with Crippen LogP contribution in [0.25, 0.3) is 11.0 Å². The van der Waals surface area contributed by atoms with Crippen LogP contribution >= 0.6 is 11.7 Å². The van der Waals surface area contributed by atoms with E-state index in [2.05, 4.69) is 13.5 Å². The van der Waals surface area contributed by atoms with E-state index < -0.39 is 10.0 Å². The number of hydrogen-bond donors (Lipinski definition) is 1. The molecular weight excluding hydrogens is 432 g/mol. The van der Waals surface area contributed by atoms with Crippen molar-refractivity contribution in [1.29, 1.82) is 0 Å². The number of carbonyl (C=O) groups excluding carboxylic acids is 1. The molecule has 2 aromatic carbocycles. The number of rotatable bonds is 6. The fraction of sp³-hybridized carbons (Fsp3) is 0.409. The summed E-state index contributed by atoms with van der Waals surface area (Å²) in [7, 11) is -1.84. The van der Waals surface area contributed by atoms with Crippen molar-refractivity contribution in [3.05, 3.63) is 48.0 Å². The lowest BCUT2D eigenvalue weighted by atomic mass is 9.81. The van der Waals surface area contributed by atoms with Crippen LogP contribution in [-0.4, -0.2) is 36.7 Å². The van der Waals surface area contributed by atoms with Gasteiger partial charge in [-0.1, -0.05) is 18.2 Å². The third kappa shape index (κ3) is 4.78. The molecule has 3 aromatic rings. The minimum atomic E-state index is -3.66. The van der Waals surface area contributed by atoms with E-state index in [0.29, 0.717) is 17.6 Å². The van der Waals surface area contributed by atoms with E-state index in [0.717, 1.165) is 48.7 Å². The molecule has 1 aromatic heterocycles. The lowest BCUT2D eigenvalue weighted by Crippen LogP contribution is -2.37. The van der Waals surface area contributed by atoms with Gasteiger partial charge in [0.1, 0.15) is 15.9 Å². The number of aromatic nitrogens is 2. The maximum atomic E-state index is 12.9. The van der Waals surface area contributed by atoms with Gasteiger partial charge in [-0.05, 0) is 68.4 Å². The van der Waals surface area contributed by atoms with Gasteiger partial charge >= 0.3 is 0 Å². The Balaban J connectivity index is 1.33. The van der Waals surface area contributed by atoms with Gasteiger partial charge in [-0.25, -0.2) is 13.1 Å². The summed E-state index contributed by atoms with van der Waals surface area (Å²) in [6.45, 7) is 2.38. The number of aryl methyl sites for hydroxylation is 1. The third-order valence-electron chi connectivity index (χ3n) is 6.02. The van der Waals surface area contributed by atoms with Crippen LogP contribution in [0.1, 0.15) is 31.2 Å². The second kappa shape index (κ2) is 9.02. The summed E-state index contributed by atoms with van der Waals surface area (Å²) in [5.74, 6) is 0.330.